The summed E-state index contributed by atoms with van der Waals surface area (Å²) < 4.78 is 25.8. The number of imide groups is 1. The van der Waals surface area contributed by atoms with Gasteiger partial charge in [0.1, 0.15) is 5.54 Å². The molecule has 4 N–H and O–H groups in total. The van der Waals surface area contributed by atoms with Crippen LogP contribution in [0.2, 0.25) is 0 Å². The van der Waals surface area contributed by atoms with E-state index in [9.17, 15) is 23.2 Å². The van der Waals surface area contributed by atoms with Crippen LogP contribution in [0.3, 0.4) is 0 Å². The fourth-order valence-corrected chi connectivity index (χ4v) is 2.80. The lowest BCUT2D eigenvalue weighted by Gasteiger charge is -2.20. The Morgan fingerprint density at radius 3 is 2.59 bits per heavy atom. The van der Waals surface area contributed by atoms with Crippen LogP contribution in [0.25, 0.3) is 0 Å². The molecule has 7 nitrogen and oxygen atoms in total. The molecule has 0 aromatic heterocycles. The van der Waals surface area contributed by atoms with Crippen molar-refractivity contribution in [1.82, 2.24) is 15.5 Å². The van der Waals surface area contributed by atoms with Crippen LogP contribution in [0.5, 0.6) is 0 Å². The van der Waals surface area contributed by atoms with Crippen molar-refractivity contribution < 1.29 is 23.2 Å². The Morgan fingerprint density at radius 2 is 2.00 bits per heavy atom. The Kier molecular flexibility index (Phi) is 4.64. The van der Waals surface area contributed by atoms with Crippen LogP contribution < -0.4 is 16.4 Å². The van der Waals surface area contributed by atoms with Crippen molar-refractivity contribution >= 4 is 17.8 Å². The normalized spacial score (nSPS) is 20.6. The predicted molar refractivity (Wildman–Crippen MR) is 73.1 cm³/mol. The molecule has 2 fully saturated rings. The van der Waals surface area contributed by atoms with Gasteiger partial charge in [-0.3, -0.25) is 14.5 Å². The van der Waals surface area contributed by atoms with Crippen LogP contribution in [-0.4, -0.2) is 53.8 Å². The number of hydrogen-bond acceptors (Lipinski definition) is 4. The van der Waals surface area contributed by atoms with Crippen LogP contribution in [0.4, 0.5) is 13.6 Å². The lowest BCUT2D eigenvalue weighted by Crippen LogP contribution is -2.44. The first-order chi connectivity index (χ1) is 10.3. The molecule has 9 heteroatoms. The van der Waals surface area contributed by atoms with Crippen LogP contribution in [0.15, 0.2) is 0 Å². The van der Waals surface area contributed by atoms with E-state index in [2.05, 4.69) is 5.32 Å². The number of amides is 4. The van der Waals surface area contributed by atoms with E-state index in [0.29, 0.717) is 12.8 Å². The van der Waals surface area contributed by atoms with E-state index in [1.54, 1.807) is 0 Å². The van der Waals surface area contributed by atoms with Crippen molar-refractivity contribution in [3.63, 3.8) is 0 Å². The van der Waals surface area contributed by atoms with Gasteiger partial charge >= 0.3 is 6.03 Å². The zero-order valence-corrected chi connectivity index (χ0v) is 12.2. The van der Waals surface area contributed by atoms with E-state index < -0.39 is 36.5 Å². The fraction of sp³-hybridized carbons (Fsp3) is 0.769. The summed E-state index contributed by atoms with van der Waals surface area (Å²) in [6.07, 6.45) is 2.73. The molecule has 1 saturated carbocycles. The number of carbonyl (C=O) groups excluding carboxylic acids is 3. The Labute approximate surface area is 126 Å². The van der Waals surface area contributed by atoms with Gasteiger partial charge in [0, 0.05) is 13.0 Å². The van der Waals surface area contributed by atoms with E-state index >= 15 is 0 Å². The average Bonchev–Trinajstić information content (AvgIpc) is 3.02. The number of alkyl halides is 2. The van der Waals surface area contributed by atoms with Gasteiger partial charge in [0.25, 0.3) is 11.8 Å². The van der Waals surface area contributed by atoms with Gasteiger partial charge in [0.2, 0.25) is 5.91 Å². The maximum Gasteiger partial charge on any atom is 0.325 e. The summed E-state index contributed by atoms with van der Waals surface area (Å²) in [4.78, 5) is 36.7. The van der Waals surface area contributed by atoms with E-state index in [1.807, 2.05) is 5.32 Å². The van der Waals surface area contributed by atoms with Gasteiger partial charge in [-0.15, -0.1) is 0 Å². The molecule has 1 aliphatic heterocycles. The summed E-state index contributed by atoms with van der Waals surface area (Å²) in [6, 6.07) is -0.521. The van der Waals surface area contributed by atoms with E-state index in [0.717, 1.165) is 17.7 Å². The van der Waals surface area contributed by atoms with Crippen LogP contribution in [-0.2, 0) is 9.59 Å². The summed E-state index contributed by atoms with van der Waals surface area (Å²) >= 11 is 0. The van der Waals surface area contributed by atoms with Crippen molar-refractivity contribution in [2.75, 3.05) is 19.6 Å². The Balaban J connectivity index is 1.83. The summed E-state index contributed by atoms with van der Waals surface area (Å²) in [5.74, 6) is -4.14. The molecule has 1 saturated heterocycles. The lowest BCUT2D eigenvalue weighted by molar-refractivity contribution is -0.131. The van der Waals surface area contributed by atoms with Gasteiger partial charge in [0.15, 0.2) is 0 Å². The van der Waals surface area contributed by atoms with Gasteiger partial charge in [-0.25, -0.2) is 13.6 Å². The van der Waals surface area contributed by atoms with Crippen molar-refractivity contribution in [3.05, 3.63) is 0 Å². The predicted octanol–water partition coefficient (Wildman–Crippen LogP) is -0.0487. The molecule has 1 spiro atoms. The second-order valence-electron chi connectivity index (χ2n) is 5.76. The van der Waals surface area contributed by atoms with Crippen molar-refractivity contribution in [3.8, 4) is 0 Å². The average molecular weight is 318 g/mol. The fourth-order valence-electron chi connectivity index (χ4n) is 2.80. The molecule has 0 atom stereocenters. The summed E-state index contributed by atoms with van der Waals surface area (Å²) in [7, 11) is 0. The summed E-state index contributed by atoms with van der Waals surface area (Å²) in [5.41, 5.74) is 4.04. The highest BCUT2D eigenvalue weighted by Crippen LogP contribution is 2.34. The monoisotopic (exact) mass is 318 g/mol. The lowest BCUT2D eigenvalue weighted by atomic mass is 9.98. The number of carbonyl (C=O) groups is 3. The molecule has 124 valence electrons. The molecule has 0 aromatic carbocycles. The Hall–Kier alpha value is -1.77. The molecule has 0 radical (unpaired) electrons. The zero-order valence-electron chi connectivity index (χ0n) is 12.2. The van der Waals surface area contributed by atoms with Gasteiger partial charge in [0.05, 0.1) is 13.1 Å². The van der Waals surface area contributed by atoms with Crippen molar-refractivity contribution in [2.24, 2.45) is 5.73 Å². The number of nitrogens with one attached hydrogen (secondary N) is 2. The first-order valence-corrected chi connectivity index (χ1v) is 7.28. The quantitative estimate of drug-likeness (QED) is 0.597. The highest BCUT2D eigenvalue weighted by molar-refractivity contribution is 6.07. The maximum absolute atomic E-state index is 12.9. The minimum atomic E-state index is -3.16. The minimum absolute atomic E-state index is 0.119. The molecule has 1 heterocycles. The topological polar surface area (TPSA) is 105 Å². The number of halogens is 2. The number of urea groups is 1. The third-order valence-corrected chi connectivity index (χ3v) is 4.11. The third kappa shape index (κ3) is 3.34. The zero-order chi connectivity index (χ0) is 16.4. The molecular formula is C13H20F2N4O3. The highest BCUT2D eigenvalue weighted by Gasteiger charge is 2.52. The Morgan fingerprint density at radius 1 is 1.36 bits per heavy atom. The number of hydrogen-bond donors (Lipinski definition) is 3. The minimum Gasteiger partial charge on any atom is -0.350 e. The van der Waals surface area contributed by atoms with E-state index in [4.69, 9.17) is 5.73 Å². The number of rotatable bonds is 6. The first-order valence-electron chi connectivity index (χ1n) is 7.28. The SMILES string of the molecule is NCC(F)(F)CNC(=O)CCN1C(=O)NC2(CCCC2)C1=O. The molecule has 22 heavy (non-hydrogen) atoms. The summed E-state index contributed by atoms with van der Waals surface area (Å²) in [6.45, 7) is -1.83. The first kappa shape index (κ1) is 16.6. The van der Waals surface area contributed by atoms with Crippen LogP contribution in [0.1, 0.15) is 32.1 Å². The molecular weight excluding hydrogens is 298 g/mol. The van der Waals surface area contributed by atoms with Crippen molar-refractivity contribution in [1.29, 1.82) is 0 Å². The molecule has 1 aliphatic carbocycles. The van der Waals surface area contributed by atoms with Gasteiger partial charge in [-0.2, -0.15) is 0 Å². The number of nitrogens with zero attached hydrogens (tertiary/aromatic N) is 1. The van der Waals surface area contributed by atoms with Gasteiger partial charge in [-0.05, 0) is 12.8 Å². The van der Waals surface area contributed by atoms with Crippen molar-refractivity contribution in [2.45, 2.75) is 43.6 Å². The van der Waals surface area contributed by atoms with Crippen LogP contribution >= 0.6 is 0 Å². The second kappa shape index (κ2) is 6.15. The molecule has 0 unspecified atom stereocenters. The second-order valence-corrected chi connectivity index (χ2v) is 5.76. The number of nitrogens with two attached hydrogens (primary N) is 1. The van der Waals surface area contributed by atoms with Crippen LogP contribution in [0, 0.1) is 0 Å². The molecule has 0 aromatic rings. The smallest absolute Gasteiger partial charge is 0.325 e. The molecule has 2 aliphatic rings. The third-order valence-electron chi connectivity index (χ3n) is 4.11. The largest absolute Gasteiger partial charge is 0.350 e. The standard InChI is InChI=1S/C13H20F2N4O3/c14-13(15,7-16)8-17-9(20)3-6-19-10(21)12(18-11(19)22)4-1-2-5-12/h1-8,16H2,(H,17,20)(H,18,22). The van der Waals surface area contributed by atoms with Gasteiger partial charge < -0.3 is 16.4 Å². The van der Waals surface area contributed by atoms with Gasteiger partial charge in [-0.1, -0.05) is 12.8 Å². The molecule has 4 amide bonds. The highest BCUT2D eigenvalue weighted by atomic mass is 19.3. The Bertz CT molecular complexity index is 478. The maximum atomic E-state index is 12.9. The van der Waals surface area contributed by atoms with E-state index in [1.165, 1.54) is 0 Å². The molecule has 0 bridgehead atoms. The van der Waals surface area contributed by atoms with E-state index in [-0.39, 0.29) is 18.9 Å². The molecule has 2 rings (SSSR count). The summed E-state index contributed by atoms with van der Waals surface area (Å²) in [5, 5.41) is 4.74.